The Morgan fingerprint density at radius 1 is 1.48 bits per heavy atom. The van der Waals surface area contributed by atoms with Gasteiger partial charge in [0.1, 0.15) is 12.1 Å². The van der Waals surface area contributed by atoms with Crippen LogP contribution in [-0.2, 0) is 11.3 Å². The van der Waals surface area contributed by atoms with Crippen LogP contribution in [0.5, 0.6) is 0 Å². The van der Waals surface area contributed by atoms with Gasteiger partial charge in [-0.1, -0.05) is 28.1 Å². The van der Waals surface area contributed by atoms with Crippen molar-refractivity contribution >= 4 is 21.8 Å². The van der Waals surface area contributed by atoms with Gasteiger partial charge in [-0.15, -0.1) is 0 Å². The van der Waals surface area contributed by atoms with Crippen LogP contribution in [-0.4, -0.2) is 25.0 Å². The predicted octanol–water partition coefficient (Wildman–Crippen LogP) is 1.27. The highest BCUT2D eigenvalue weighted by Crippen LogP contribution is 2.39. The van der Waals surface area contributed by atoms with Gasteiger partial charge in [0.2, 0.25) is 0 Å². The van der Waals surface area contributed by atoms with Gasteiger partial charge in [0.05, 0.1) is 13.1 Å². The molecule has 0 radical (unpaired) electrons. The zero-order chi connectivity index (χ0) is 15.5. The van der Waals surface area contributed by atoms with Crippen molar-refractivity contribution in [1.29, 1.82) is 5.26 Å². The average molecular weight is 351 g/mol. The maximum atomic E-state index is 12.1. The van der Waals surface area contributed by atoms with Gasteiger partial charge in [-0.3, -0.25) is 4.79 Å². The fourth-order valence-electron chi connectivity index (χ4n) is 2.50. The number of carbonyl (C=O) groups excluding carboxylic acids is 1. The zero-order valence-corrected chi connectivity index (χ0v) is 14.0. The van der Waals surface area contributed by atoms with Crippen molar-refractivity contribution in [3.05, 3.63) is 34.3 Å². The molecule has 1 aromatic carbocycles. The van der Waals surface area contributed by atoms with Crippen LogP contribution in [0.2, 0.25) is 0 Å². The van der Waals surface area contributed by atoms with Crippen molar-refractivity contribution in [3.63, 3.8) is 0 Å². The van der Waals surface area contributed by atoms with Crippen molar-refractivity contribution in [3.8, 4) is 6.07 Å². The number of rotatable bonds is 6. The maximum Gasteiger partial charge on any atom is 0.276 e. The molecule has 1 amide bonds. The second-order valence-corrected chi connectivity index (χ2v) is 6.99. The van der Waals surface area contributed by atoms with Crippen molar-refractivity contribution in [2.45, 2.75) is 31.8 Å². The smallest absolute Gasteiger partial charge is 0.276 e. The van der Waals surface area contributed by atoms with Crippen LogP contribution < -0.4 is 10.2 Å². The van der Waals surface area contributed by atoms with E-state index in [-0.39, 0.29) is 5.91 Å². The monoisotopic (exact) mass is 350 g/mol. The molecule has 1 fully saturated rings. The van der Waals surface area contributed by atoms with E-state index < -0.39 is 5.54 Å². The molecule has 0 aliphatic heterocycles. The third-order valence-corrected chi connectivity index (χ3v) is 4.44. The average Bonchev–Trinajstić information content (AvgIpc) is 3.25. The molecule has 4 nitrogen and oxygen atoms in total. The number of hydrogen-bond acceptors (Lipinski definition) is 2. The molecule has 5 heteroatoms. The number of nitriles is 1. The third kappa shape index (κ3) is 4.55. The Labute approximate surface area is 134 Å². The van der Waals surface area contributed by atoms with E-state index in [0.717, 1.165) is 28.8 Å². The van der Waals surface area contributed by atoms with E-state index in [4.69, 9.17) is 0 Å². The van der Waals surface area contributed by atoms with E-state index in [1.54, 1.807) is 0 Å². The Hall–Kier alpha value is -1.38. The fraction of sp³-hybridized carbons (Fsp3) is 0.500. The number of likely N-dealkylation sites (N-methyl/N-ethyl adjacent to an activating group) is 1. The molecule has 21 heavy (non-hydrogen) atoms. The van der Waals surface area contributed by atoms with Gasteiger partial charge in [-0.25, -0.2) is 0 Å². The van der Waals surface area contributed by atoms with Crippen LogP contribution in [0, 0.1) is 17.2 Å². The predicted molar refractivity (Wildman–Crippen MR) is 84.5 cm³/mol. The van der Waals surface area contributed by atoms with E-state index in [1.165, 1.54) is 5.56 Å². The molecule has 2 atom stereocenters. The summed E-state index contributed by atoms with van der Waals surface area (Å²) in [4.78, 5) is 13.2. The third-order valence-electron chi connectivity index (χ3n) is 3.91. The Morgan fingerprint density at radius 3 is 2.62 bits per heavy atom. The molecule has 1 saturated carbocycles. The number of quaternary nitrogens is 1. The first-order chi connectivity index (χ1) is 9.93. The molecule has 1 aliphatic carbocycles. The lowest BCUT2D eigenvalue weighted by Gasteiger charge is -2.23. The molecule has 0 spiro atoms. The number of halogens is 1. The summed E-state index contributed by atoms with van der Waals surface area (Å²) < 4.78 is 1.05. The highest BCUT2D eigenvalue weighted by atomic mass is 79.9. The number of hydrogen-bond donors (Lipinski definition) is 2. The second kappa shape index (κ2) is 6.59. The van der Waals surface area contributed by atoms with Crippen LogP contribution in [0.4, 0.5) is 0 Å². The summed E-state index contributed by atoms with van der Waals surface area (Å²) in [6.45, 7) is 2.99. The lowest BCUT2D eigenvalue weighted by atomic mass is 9.98. The lowest BCUT2D eigenvalue weighted by Crippen LogP contribution is -3.09. The Bertz CT molecular complexity index is 548. The molecule has 1 unspecified atom stereocenters. The lowest BCUT2D eigenvalue weighted by molar-refractivity contribution is -0.885. The first-order valence-corrected chi connectivity index (χ1v) is 8.00. The molecule has 2 rings (SSSR count). The van der Waals surface area contributed by atoms with E-state index in [0.29, 0.717) is 12.5 Å². The normalized spacial score (nSPS) is 18.4. The van der Waals surface area contributed by atoms with E-state index in [1.807, 2.05) is 26.1 Å². The molecule has 1 aromatic rings. The maximum absolute atomic E-state index is 12.1. The van der Waals surface area contributed by atoms with Crippen molar-refractivity contribution < 1.29 is 9.69 Å². The fourth-order valence-corrected chi connectivity index (χ4v) is 2.77. The summed E-state index contributed by atoms with van der Waals surface area (Å²) >= 11 is 3.41. The van der Waals surface area contributed by atoms with E-state index in [2.05, 4.69) is 39.4 Å². The van der Waals surface area contributed by atoms with Gasteiger partial charge < -0.3 is 10.2 Å². The van der Waals surface area contributed by atoms with Crippen LogP contribution in [0.1, 0.15) is 25.3 Å². The van der Waals surface area contributed by atoms with Gasteiger partial charge in [0.25, 0.3) is 5.91 Å². The first-order valence-electron chi connectivity index (χ1n) is 7.21. The van der Waals surface area contributed by atoms with E-state index >= 15 is 0 Å². The molecule has 112 valence electrons. The minimum absolute atomic E-state index is 0.0550. The first kappa shape index (κ1) is 16.0. The van der Waals surface area contributed by atoms with Crippen LogP contribution in [0.3, 0.4) is 0 Å². The van der Waals surface area contributed by atoms with Crippen LogP contribution >= 0.6 is 15.9 Å². The second-order valence-electron chi connectivity index (χ2n) is 6.07. The Kier molecular flexibility index (Phi) is 5.02. The standard InChI is InChI=1S/C16H20BrN3O/c1-16(11-18,13-5-6-13)19-15(21)10-20(2)9-12-3-7-14(17)8-4-12/h3-4,7-8,13H,5-6,9-10H2,1-2H3,(H,19,21)/p+1/t16-/m0/s1. The minimum atomic E-state index is -0.699. The van der Waals surface area contributed by atoms with Gasteiger partial charge >= 0.3 is 0 Å². The summed E-state index contributed by atoms with van der Waals surface area (Å²) in [6.07, 6.45) is 2.07. The van der Waals surface area contributed by atoms with Gasteiger partial charge in [-0.2, -0.15) is 5.26 Å². The molecule has 0 heterocycles. The number of benzene rings is 1. The highest BCUT2D eigenvalue weighted by molar-refractivity contribution is 9.10. The van der Waals surface area contributed by atoms with Crippen molar-refractivity contribution in [1.82, 2.24) is 5.32 Å². The Morgan fingerprint density at radius 2 is 2.10 bits per heavy atom. The number of nitrogens with one attached hydrogen (secondary N) is 2. The summed E-state index contributed by atoms with van der Waals surface area (Å²) in [5.74, 6) is 0.263. The molecular weight excluding hydrogens is 330 g/mol. The van der Waals surface area contributed by atoms with Crippen molar-refractivity contribution in [2.75, 3.05) is 13.6 Å². The van der Waals surface area contributed by atoms with Gasteiger partial charge in [0.15, 0.2) is 6.54 Å². The quantitative estimate of drug-likeness (QED) is 0.811. The molecule has 0 aromatic heterocycles. The molecule has 1 aliphatic rings. The number of nitrogens with zero attached hydrogens (tertiary/aromatic N) is 1. The zero-order valence-electron chi connectivity index (χ0n) is 12.4. The van der Waals surface area contributed by atoms with Crippen LogP contribution in [0.15, 0.2) is 28.7 Å². The minimum Gasteiger partial charge on any atom is -0.333 e. The molecular formula is C16H21BrN3O+. The molecule has 2 N–H and O–H groups in total. The summed E-state index contributed by atoms with van der Waals surface area (Å²) in [6, 6.07) is 10.4. The molecule has 0 saturated heterocycles. The van der Waals surface area contributed by atoms with E-state index in [9.17, 15) is 10.1 Å². The summed E-state index contributed by atoms with van der Waals surface area (Å²) in [7, 11) is 1.99. The highest BCUT2D eigenvalue weighted by Gasteiger charge is 2.43. The SMILES string of the molecule is C[NH+](CC(=O)N[C@@](C)(C#N)C1CC1)Cc1ccc(Br)cc1. The number of carbonyl (C=O) groups is 1. The van der Waals surface area contributed by atoms with Crippen molar-refractivity contribution in [2.24, 2.45) is 5.92 Å². The Balaban J connectivity index is 1.84. The topological polar surface area (TPSA) is 57.3 Å². The largest absolute Gasteiger partial charge is 0.333 e. The summed E-state index contributed by atoms with van der Waals surface area (Å²) in [5, 5.41) is 12.2. The molecule has 0 bridgehead atoms. The van der Waals surface area contributed by atoms with Gasteiger partial charge in [-0.05, 0) is 37.8 Å². The number of amides is 1. The van der Waals surface area contributed by atoms with Crippen LogP contribution in [0.25, 0.3) is 0 Å². The summed E-state index contributed by atoms with van der Waals surface area (Å²) in [5.41, 5.74) is 0.489. The van der Waals surface area contributed by atoms with Gasteiger partial charge in [0, 0.05) is 10.0 Å².